The fraction of sp³-hybridized carbons (Fsp3) is 0.389. The molecule has 3 rings (SSSR count). The quantitative estimate of drug-likeness (QED) is 0.591. The molecule has 1 aromatic carbocycles. The van der Waals surface area contributed by atoms with Gasteiger partial charge in [0, 0.05) is 25.7 Å². The molecule has 0 fully saturated rings. The number of fused-ring (bicyclic) bond motifs is 1. The van der Waals surface area contributed by atoms with Crippen molar-refractivity contribution in [1.82, 2.24) is 24.0 Å². The van der Waals surface area contributed by atoms with Crippen molar-refractivity contribution in [2.24, 2.45) is 14.1 Å². The first kappa shape index (κ1) is 19.2. The van der Waals surface area contributed by atoms with Crippen LogP contribution in [0.15, 0.2) is 33.9 Å². The third-order valence-corrected chi connectivity index (χ3v) is 4.90. The minimum absolute atomic E-state index is 0.108. The highest BCUT2D eigenvalue weighted by Gasteiger charge is 2.18. The van der Waals surface area contributed by atoms with Gasteiger partial charge >= 0.3 is 5.69 Å². The molecule has 0 amide bonds. The summed E-state index contributed by atoms with van der Waals surface area (Å²) in [4.78, 5) is 30.2. The average molecular weight is 391 g/mol. The van der Waals surface area contributed by atoms with Crippen molar-refractivity contribution in [1.29, 1.82) is 0 Å². The number of nitrogens with one attached hydrogen (secondary N) is 2. The highest BCUT2D eigenvalue weighted by molar-refractivity contribution is 6.31. The molecule has 2 aromatic heterocycles. The maximum Gasteiger partial charge on any atom is 0.332 e. The average Bonchev–Trinajstić information content (AvgIpc) is 2.99. The third kappa shape index (κ3) is 3.63. The van der Waals surface area contributed by atoms with Gasteiger partial charge in [-0.05, 0) is 31.6 Å². The van der Waals surface area contributed by atoms with E-state index >= 15 is 0 Å². The molecule has 0 aliphatic rings. The van der Waals surface area contributed by atoms with Crippen molar-refractivity contribution in [3.8, 4) is 0 Å². The second-order valence-corrected chi connectivity index (χ2v) is 6.78. The summed E-state index contributed by atoms with van der Waals surface area (Å²) in [6.45, 7) is 1.69. The molecule has 0 aliphatic carbocycles. The van der Waals surface area contributed by atoms with Gasteiger partial charge < -0.3 is 15.2 Å². The van der Waals surface area contributed by atoms with Crippen molar-refractivity contribution in [2.45, 2.75) is 13.0 Å². The molecule has 0 bridgehead atoms. The highest BCUT2D eigenvalue weighted by atomic mass is 35.5. The summed E-state index contributed by atoms with van der Waals surface area (Å²) in [5, 5.41) is 6.81. The Morgan fingerprint density at radius 1 is 1.11 bits per heavy atom. The van der Waals surface area contributed by atoms with E-state index in [0.717, 1.165) is 13.0 Å². The Hall–Kier alpha value is -2.58. The zero-order valence-electron chi connectivity index (χ0n) is 15.6. The number of halogens is 1. The van der Waals surface area contributed by atoms with Crippen LogP contribution >= 0.6 is 11.6 Å². The zero-order valence-corrected chi connectivity index (χ0v) is 16.4. The van der Waals surface area contributed by atoms with Crippen LogP contribution in [0, 0.1) is 0 Å². The minimum atomic E-state index is -0.424. The molecule has 0 radical (unpaired) electrons. The molecule has 2 heterocycles. The number of aryl methyl sites for hydroxylation is 2. The molecule has 0 atom stereocenters. The SMILES string of the molecule is CNCCCNc1nc2c(c(=O)n(Cc3ccccc3Cl)c(=O)n2C)n1C. The molecule has 9 heteroatoms. The Bertz CT molecular complexity index is 1080. The standard InChI is InChI=1S/C18H23ClN6O2/c1-20-9-6-10-21-17-22-15-14(23(17)2)16(26)25(18(27)24(15)3)11-12-7-4-5-8-13(12)19/h4-5,7-8,20H,6,9-11H2,1-3H3,(H,21,22). The number of anilines is 1. The van der Waals surface area contributed by atoms with Gasteiger partial charge in [0.25, 0.3) is 5.56 Å². The van der Waals surface area contributed by atoms with Crippen LogP contribution in [0.2, 0.25) is 5.02 Å². The van der Waals surface area contributed by atoms with E-state index < -0.39 is 5.69 Å². The Balaban J connectivity index is 2.07. The molecule has 3 aromatic rings. The summed E-state index contributed by atoms with van der Waals surface area (Å²) in [5.74, 6) is 0.559. The van der Waals surface area contributed by atoms with E-state index in [4.69, 9.17) is 11.6 Å². The van der Waals surface area contributed by atoms with E-state index in [-0.39, 0.29) is 12.1 Å². The fourth-order valence-electron chi connectivity index (χ4n) is 3.00. The maximum absolute atomic E-state index is 13.0. The van der Waals surface area contributed by atoms with E-state index in [9.17, 15) is 9.59 Å². The number of rotatable bonds is 7. The summed E-state index contributed by atoms with van der Waals surface area (Å²) in [6.07, 6.45) is 0.912. The molecule has 0 aliphatic heterocycles. The molecule has 0 saturated heterocycles. The van der Waals surface area contributed by atoms with Gasteiger partial charge in [-0.15, -0.1) is 0 Å². The summed E-state index contributed by atoms with van der Waals surface area (Å²) in [6, 6.07) is 7.17. The molecule has 27 heavy (non-hydrogen) atoms. The minimum Gasteiger partial charge on any atom is -0.356 e. The summed E-state index contributed by atoms with van der Waals surface area (Å²) in [5.41, 5.74) is 0.642. The highest BCUT2D eigenvalue weighted by Crippen LogP contribution is 2.16. The van der Waals surface area contributed by atoms with Crippen LogP contribution in [-0.2, 0) is 20.6 Å². The number of nitrogens with zero attached hydrogens (tertiary/aromatic N) is 4. The summed E-state index contributed by atoms with van der Waals surface area (Å²) >= 11 is 6.20. The van der Waals surface area contributed by atoms with E-state index in [2.05, 4.69) is 15.6 Å². The van der Waals surface area contributed by atoms with Crippen molar-refractivity contribution in [2.75, 3.05) is 25.5 Å². The predicted octanol–water partition coefficient (Wildman–Crippen LogP) is 1.16. The van der Waals surface area contributed by atoms with Crippen molar-refractivity contribution >= 4 is 28.7 Å². The monoisotopic (exact) mass is 390 g/mol. The van der Waals surface area contributed by atoms with E-state index in [1.54, 1.807) is 30.8 Å². The zero-order chi connectivity index (χ0) is 19.6. The molecule has 8 nitrogen and oxygen atoms in total. The Labute approximate surface area is 161 Å². The van der Waals surface area contributed by atoms with Gasteiger partial charge in [-0.2, -0.15) is 4.98 Å². The van der Waals surface area contributed by atoms with Crippen LogP contribution in [-0.4, -0.2) is 38.8 Å². The summed E-state index contributed by atoms with van der Waals surface area (Å²) < 4.78 is 4.28. The lowest BCUT2D eigenvalue weighted by Crippen LogP contribution is -2.39. The topological polar surface area (TPSA) is 85.9 Å². The van der Waals surface area contributed by atoms with E-state index in [0.29, 0.717) is 34.2 Å². The molecular formula is C18H23ClN6O2. The van der Waals surface area contributed by atoms with Gasteiger partial charge in [0.2, 0.25) is 5.95 Å². The lowest BCUT2D eigenvalue weighted by atomic mass is 10.2. The number of aromatic nitrogens is 4. The first-order chi connectivity index (χ1) is 13.0. The Kier molecular flexibility index (Phi) is 5.67. The van der Waals surface area contributed by atoms with Gasteiger partial charge in [-0.1, -0.05) is 29.8 Å². The fourth-order valence-corrected chi connectivity index (χ4v) is 3.20. The van der Waals surface area contributed by atoms with E-state index in [1.165, 1.54) is 9.13 Å². The largest absolute Gasteiger partial charge is 0.356 e. The molecule has 0 unspecified atom stereocenters. The van der Waals surface area contributed by atoms with Crippen molar-refractivity contribution in [3.05, 3.63) is 55.7 Å². The normalized spacial score (nSPS) is 11.3. The molecule has 0 spiro atoms. The van der Waals surface area contributed by atoms with Crippen LogP contribution in [0.4, 0.5) is 5.95 Å². The second-order valence-electron chi connectivity index (χ2n) is 6.37. The molecule has 144 valence electrons. The third-order valence-electron chi connectivity index (χ3n) is 4.53. The lowest BCUT2D eigenvalue weighted by molar-refractivity contribution is 0.655. The predicted molar refractivity (Wildman–Crippen MR) is 108 cm³/mol. The second kappa shape index (κ2) is 7.98. The van der Waals surface area contributed by atoms with Gasteiger partial charge in [0.05, 0.1) is 6.54 Å². The van der Waals surface area contributed by atoms with Gasteiger partial charge in [0.1, 0.15) is 0 Å². The van der Waals surface area contributed by atoms with Crippen LogP contribution in [0.3, 0.4) is 0 Å². The number of hydrogen-bond donors (Lipinski definition) is 2. The maximum atomic E-state index is 13.0. The van der Waals surface area contributed by atoms with Gasteiger partial charge in [-0.25, -0.2) is 4.79 Å². The first-order valence-corrected chi connectivity index (χ1v) is 9.11. The molecule has 2 N–H and O–H groups in total. The number of hydrogen-bond acceptors (Lipinski definition) is 5. The van der Waals surface area contributed by atoms with Crippen LogP contribution in [0.5, 0.6) is 0 Å². The first-order valence-electron chi connectivity index (χ1n) is 8.73. The van der Waals surface area contributed by atoms with Crippen molar-refractivity contribution < 1.29 is 0 Å². The Morgan fingerprint density at radius 2 is 1.85 bits per heavy atom. The number of imidazole rings is 1. The van der Waals surface area contributed by atoms with Crippen LogP contribution < -0.4 is 21.9 Å². The smallest absolute Gasteiger partial charge is 0.332 e. The number of benzene rings is 1. The van der Waals surface area contributed by atoms with E-state index in [1.807, 2.05) is 19.2 Å². The molecular weight excluding hydrogens is 368 g/mol. The lowest BCUT2D eigenvalue weighted by Gasteiger charge is -2.10. The van der Waals surface area contributed by atoms with Crippen molar-refractivity contribution in [3.63, 3.8) is 0 Å². The van der Waals surface area contributed by atoms with Crippen LogP contribution in [0.1, 0.15) is 12.0 Å². The summed E-state index contributed by atoms with van der Waals surface area (Å²) in [7, 11) is 5.28. The van der Waals surface area contributed by atoms with Gasteiger partial charge in [0.15, 0.2) is 11.2 Å². The van der Waals surface area contributed by atoms with Gasteiger partial charge in [-0.3, -0.25) is 13.9 Å². The Morgan fingerprint density at radius 3 is 2.56 bits per heavy atom. The van der Waals surface area contributed by atoms with Crippen LogP contribution in [0.25, 0.3) is 11.2 Å². The molecule has 0 saturated carbocycles.